The summed E-state index contributed by atoms with van der Waals surface area (Å²) in [6.45, 7) is 7.47. The van der Waals surface area contributed by atoms with Gasteiger partial charge in [-0.1, -0.05) is 39.0 Å². The van der Waals surface area contributed by atoms with Gasteiger partial charge in [-0.2, -0.15) is 0 Å². The number of carbonyl (C=O) groups is 1. The fourth-order valence-corrected chi connectivity index (χ4v) is 1.84. The number of benzene rings is 1. The van der Waals surface area contributed by atoms with E-state index >= 15 is 0 Å². The Morgan fingerprint density at radius 2 is 1.90 bits per heavy atom. The Morgan fingerprint density at radius 3 is 2.45 bits per heavy atom. The summed E-state index contributed by atoms with van der Waals surface area (Å²) >= 11 is 0. The quantitative estimate of drug-likeness (QED) is 0.782. The lowest BCUT2D eigenvalue weighted by Gasteiger charge is -2.26. The van der Waals surface area contributed by atoms with Crippen LogP contribution in [-0.4, -0.2) is 32.1 Å². The number of nitrogens with two attached hydrogens (primary N) is 1. The van der Waals surface area contributed by atoms with Crippen LogP contribution >= 0.6 is 0 Å². The van der Waals surface area contributed by atoms with Gasteiger partial charge in [-0.3, -0.25) is 4.79 Å². The molecule has 0 aliphatic heterocycles. The van der Waals surface area contributed by atoms with Crippen molar-refractivity contribution < 1.29 is 4.79 Å². The molecule has 0 heterocycles. The number of hydrogen-bond donors (Lipinski definition) is 2. The van der Waals surface area contributed by atoms with Crippen molar-refractivity contribution in [2.75, 3.05) is 25.0 Å². The van der Waals surface area contributed by atoms with Crippen molar-refractivity contribution in [3.63, 3.8) is 0 Å². The third-order valence-corrected chi connectivity index (χ3v) is 3.38. The number of amides is 1. The number of nitrogens with one attached hydrogen (secondary N) is 1. The highest BCUT2D eigenvalue weighted by Gasteiger charge is 2.26. The number of carbonyl (C=O) groups excluding carboxylic acids is 1. The largest absolute Gasteiger partial charge is 0.375 e. The van der Waals surface area contributed by atoms with Crippen molar-refractivity contribution >= 4 is 11.6 Å². The van der Waals surface area contributed by atoms with Gasteiger partial charge < -0.3 is 16.0 Å². The van der Waals surface area contributed by atoms with E-state index < -0.39 is 6.04 Å². The molecule has 3 N–H and O–H groups in total. The first-order valence-corrected chi connectivity index (χ1v) is 7.12. The van der Waals surface area contributed by atoms with Crippen LogP contribution in [0, 0.1) is 5.41 Å². The van der Waals surface area contributed by atoms with Gasteiger partial charge in [-0.05, 0) is 24.0 Å². The standard InChI is InChI=1S/C16H27N3O/c1-16(2,3)14(17)15(20)18-11-8-12-19(4)13-9-6-5-7-10-13/h5-7,9-10,14H,8,11-12,17H2,1-4H3,(H,18,20)/t14-/m0/s1. The summed E-state index contributed by atoms with van der Waals surface area (Å²) < 4.78 is 0. The molecular weight excluding hydrogens is 250 g/mol. The van der Waals surface area contributed by atoms with Crippen LogP contribution in [0.3, 0.4) is 0 Å². The molecule has 0 saturated carbocycles. The zero-order chi connectivity index (χ0) is 15.2. The Labute approximate surface area is 122 Å². The summed E-state index contributed by atoms with van der Waals surface area (Å²) in [6, 6.07) is 9.74. The van der Waals surface area contributed by atoms with Gasteiger partial charge in [0.15, 0.2) is 0 Å². The Morgan fingerprint density at radius 1 is 1.30 bits per heavy atom. The molecule has 0 aliphatic rings. The SMILES string of the molecule is CN(CCCNC(=O)[C@H](N)C(C)(C)C)c1ccccc1. The summed E-state index contributed by atoms with van der Waals surface area (Å²) in [4.78, 5) is 14.0. The van der Waals surface area contributed by atoms with Crippen molar-refractivity contribution in [3.8, 4) is 0 Å². The summed E-state index contributed by atoms with van der Waals surface area (Å²) in [5.41, 5.74) is 6.89. The van der Waals surface area contributed by atoms with Gasteiger partial charge in [0.25, 0.3) is 0 Å². The van der Waals surface area contributed by atoms with Crippen molar-refractivity contribution in [1.29, 1.82) is 0 Å². The molecule has 1 aromatic rings. The third kappa shape index (κ3) is 5.21. The van der Waals surface area contributed by atoms with E-state index in [1.54, 1.807) is 0 Å². The molecule has 0 aliphatic carbocycles. The van der Waals surface area contributed by atoms with Crippen molar-refractivity contribution in [2.45, 2.75) is 33.2 Å². The van der Waals surface area contributed by atoms with Gasteiger partial charge >= 0.3 is 0 Å². The Hall–Kier alpha value is -1.55. The molecular formula is C16H27N3O. The molecule has 4 nitrogen and oxygen atoms in total. The van der Waals surface area contributed by atoms with Gasteiger partial charge in [0.1, 0.15) is 0 Å². The van der Waals surface area contributed by atoms with Gasteiger partial charge in [0.2, 0.25) is 5.91 Å². The van der Waals surface area contributed by atoms with Crippen LogP contribution in [0.2, 0.25) is 0 Å². The molecule has 0 fully saturated rings. The lowest BCUT2D eigenvalue weighted by Crippen LogP contribution is -2.49. The van der Waals surface area contributed by atoms with E-state index in [1.807, 2.05) is 39.0 Å². The second-order valence-corrected chi connectivity index (χ2v) is 6.25. The van der Waals surface area contributed by atoms with Crippen LogP contribution in [0.15, 0.2) is 30.3 Å². The molecule has 1 rings (SSSR count). The van der Waals surface area contributed by atoms with E-state index in [4.69, 9.17) is 5.73 Å². The molecule has 4 heteroatoms. The summed E-state index contributed by atoms with van der Waals surface area (Å²) in [5.74, 6) is -0.0696. The molecule has 0 saturated heterocycles. The van der Waals surface area contributed by atoms with E-state index in [0.29, 0.717) is 6.54 Å². The highest BCUT2D eigenvalue weighted by molar-refractivity contribution is 5.82. The first kappa shape index (κ1) is 16.5. The molecule has 0 bridgehead atoms. The maximum absolute atomic E-state index is 11.9. The van der Waals surface area contributed by atoms with Gasteiger partial charge in [-0.25, -0.2) is 0 Å². The van der Waals surface area contributed by atoms with E-state index in [9.17, 15) is 4.79 Å². The third-order valence-electron chi connectivity index (χ3n) is 3.38. The minimum absolute atomic E-state index is 0.0696. The summed E-state index contributed by atoms with van der Waals surface area (Å²) in [5, 5.41) is 2.91. The minimum Gasteiger partial charge on any atom is -0.375 e. The second-order valence-electron chi connectivity index (χ2n) is 6.25. The molecule has 0 radical (unpaired) electrons. The first-order valence-electron chi connectivity index (χ1n) is 7.12. The van der Waals surface area contributed by atoms with Crippen molar-refractivity contribution in [2.24, 2.45) is 11.1 Å². The molecule has 0 unspecified atom stereocenters. The number of hydrogen-bond acceptors (Lipinski definition) is 3. The number of anilines is 1. The topological polar surface area (TPSA) is 58.4 Å². The van der Waals surface area contributed by atoms with Crippen LogP contribution in [0.1, 0.15) is 27.2 Å². The number of nitrogens with zero attached hydrogens (tertiary/aromatic N) is 1. The van der Waals surface area contributed by atoms with Crippen LogP contribution in [0.25, 0.3) is 0 Å². The maximum Gasteiger partial charge on any atom is 0.237 e. The number of para-hydroxylation sites is 1. The fourth-order valence-electron chi connectivity index (χ4n) is 1.84. The predicted octanol–water partition coefficient (Wildman–Crippen LogP) is 2.00. The smallest absolute Gasteiger partial charge is 0.237 e. The van der Waals surface area contributed by atoms with Crippen LogP contribution in [-0.2, 0) is 4.79 Å². The lowest BCUT2D eigenvalue weighted by atomic mass is 9.87. The molecule has 1 amide bonds. The molecule has 112 valence electrons. The Balaban J connectivity index is 2.27. The zero-order valence-corrected chi connectivity index (χ0v) is 13.0. The fraction of sp³-hybridized carbons (Fsp3) is 0.562. The monoisotopic (exact) mass is 277 g/mol. The predicted molar refractivity (Wildman–Crippen MR) is 84.8 cm³/mol. The second kappa shape index (κ2) is 7.29. The molecule has 0 spiro atoms. The minimum atomic E-state index is -0.464. The lowest BCUT2D eigenvalue weighted by molar-refractivity contribution is -0.124. The van der Waals surface area contributed by atoms with Gasteiger partial charge in [0, 0.05) is 25.8 Å². The Kier molecular flexibility index (Phi) is 6.02. The molecule has 20 heavy (non-hydrogen) atoms. The average molecular weight is 277 g/mol. The van der Waals surface area contributed by atoms with E-state index in [-0.39, 0.29) is 11.3 Å². The van der Waals surface area contributed by atoms with Crippen molar-refractivity contribution in [1.82, 2.24) is 5.32 Å². The van der Waals surface area contributed by atoms with E-state index in [2.05, 4.69) is 29.4 Å². The molecule has 1 atom stereocenters. The van der Waals surface area contributed by atoms with Crippen LogP contribution in [0.5, 0.6) is 0 Å². The number of rotatable bonds is 6. The van der Waals surface area contributed by atoms with E-state index in [1.165, 1.54) is 5.69 Å². The summed E-state index contributed by atoms with van der Waals surface area (Å²) in [6.07, 6.45) is 0.897. The van der Waals surface area contributed by atoms with E-state index in [0.717, 1.165) is 13.0 Å². The van der Waals surface area contributed by atoms with Crippen molar-refractivity contribution in [3.05, 3.63) is 30.3 Å². The average Bonchev–Trinajstić information content (AvgIpc) is 2.42. The van der Waals surface area contributed by atoms with Crippen LogP contribution < -0.4 is 16.0 Å². The highest BCUT2D eigenvalue weighted by atomic mass is 16.2. The van der Waals surface area contributed by atoms with Gasteiger partial charge in [-0.15, -0.1) is 0 Å². The normalized spacial score (nSPS) is 12.8. The zero-order valence-electron chi connectivity index (χ0n) is 13.0. The highest BCUT2D eigenvalue weighted by Crippen LogP contribution is 2.17. The summed E-state index contributed by atoms with van der Waals surface area (Å²) in [7, 11) is 2.05. The van der Waals surface area contributed by atoms with Crippen LogP contribution in [0.4, 0.5) is 5.69 Å². The maximum atomic E-state index is 11.9. The molecule has 1 aromatic carbocycles. The molecule has 0 aromatic heterocycles. The van der Waals surface area contributed by atoms with Gasteiger partial charge in [0.05, 0.1) is 6.04 Å². The first-order chi connectivity index (χ1) is 9.32. The Bertz CT molecular complexity index is 411.